The third kappa shape index (κ3) is 6.42. The number of alkyl halides is 1. The van der Waals surface area contributed by atoms with Crippen molar-refractivity contribution in [1.29, 1.82) is 5.26 Å². The average Bonchev–Trinajstić information content (AvgIpc) is 2.88. The first-order chi connectivity index (χ1) is 18.3. The third-order valence-corrected chi connectivity index (χ3v) is 6.64. The minimum absolute atomic E-state index is 0.0504. The number of carbonyl (C=O) groups excluding carboxylic acids is 2. The van der Waals surface area contributed by atoms with Crippen LogP contribution in [0.3, 0.4) is 0 Å². The lowest BCUT2D eigenvalue weighted by molar-refractivity contribution is -0.384. The van der Waals surface area contributed by atoms with E-state index in [1.807, 2.05) is 6.07 Å². The van der Waals surface area contributed by atoms with Gasteiger partial charge in [-0.3, -0.25) is 24.6 Å². The molecule has 3 rings (SSSR count). The quantitative estimate of drug-likeness (QED) is 0.0666. The van der Waals surface area contributed by atoms with Gasteiger partial charge in [-0.1, -0.05) is 44.5 Å². The summed E-state index contributed by atoms with van der Waals surface area (Å²) in [5, 5.41) is 30.2. The molecule has 3 atom stereocenters. The number of nitro groups is 1. The van der Waals surface area contributed by atoms with Crippen molar-refractivity contribution in [2.45, 2.75) is 45.9 Å². The summed E-state index contributed by atoms with van der Waals surface area (Å²) < 4.78 is 11.8. The number of nitro benzene ring substituents is 1. The number of amides is 1. The molecule has 1 fully saturated rings. The highest BCUT2D eigenvalue weighted by atomic mass is 35.5. The van der Waals surface area contributed by atoms with Crippen LogP contribution in [0.2, 0.25) is 0 Å². The van der Waals surface area contributed by atoms with Crippen LogP contribution in [0, 0.1) is 32.8 Å². The highest BCUT2D eigenvalue weighted by Crippen LogP contribution is 2.39. The van der Waals surface area contributed by atoms with Gasteiger partial charge in [0.25, 0.3) is 5.69 Å². The average molecular weight is 572 g/mol. The van der Waals surface area contributed by atoms with Gasteiger partial charge in [-0.15, -0.1) is 0 Å². The lowest BCUT2D eigenvalue weighted by atomic mass is 9.87. The maximum atomic E-state index is 13.7. The van der Waals surface area contributed by atoms with Crippen molar-refractivity contribution in [2.24, 2.45) is 11.3 Å². The predicted octanol–water partition coefficient (Wildman–Crippen LogP) is 4.62. The Hall–Kier alpha value is -3.85. The van der Waals surface area contributed by atoms with Crippen LogP contribution in [0.15, 0.2) is 60.0 Å². The number of β-lactam (4-membered cyclic amide) rings is 1. The molecule has 10 nitrogen and oxygen atoms in total. The summed E-state index contributed by atoms with van der Waals surface area (Å²) in [5.74, 6) is -2.42. The van der Waals surface area contributed by atoms with Gasteiger partial charge in [-0.2, -0.15) is 5.26 Å². The van der Waals surface area contributed by atoms with Crippen molar-refractivity contribution in [3.8, 4) is 11.8 Å². The molecule has 0 radical (unpaired) electrons. The number of Topliss-reactive ketones (excluding diaryl/α,β-unsaturated/α-hetero) is 1. The Morgan fingerprint density at radius 3 is 2.38 bits per heavy atom. The van der Waals surface area contributed by atoms with Crippen molar-refractivity contribution < 1.29 is 29.1 Å². The highest BCUT2D eigenvalue weighted by molar-refractivity contribution is 7.80. The number of hydrogen-bond donors (Lipinski definition) is 1. The molecule has 1 saturated heterocycles. The minimum atomic E-state index is -1.08. The fraction of sp³-hybridized carbons (Fsp3) is 0.333. The first-order valence-corrected chi connectivity index (χ1v) is 12.6. The number of thiocarbonyl (C=S) groups is 1. The molecule has 1 N–H and O–H groups in total. The van der Waals surface area contributed by atoms with Gasteiger partial charge in [0.15, 0.2) is 5.76 Å². The number of ketones is 1. The zero-order chi connectivity index (χ0) is 29.1. The van der Waals surface area contributed by atoms with E-state index >= 15 is 0 Å². The normalized spacial score (nSPS) is 18.3. The van der Waals surface area contributed by atoms with E-state index in [1.54, 1.807) is 32.9 Å². The monoisotopic (exact) mass is 571 g/mol. The summed E-state index contributed by atoms with van der Waals surface area (Å²) in [5.41, 5.74) is -1.76. The van der Waals surface area contributed by atoms with E-state index in [0.29, 0.717) is 5.56 Å². The van der Waals surface area contributed by atoms with Gasteiger partial charge in [-0.05, 0) is 49.0 Å². The van der Waals surface area contributed by atoms with Crippen molar-refractivity contribution >= 4 is 46.2 Å². The van der Waals surface area contributed by atoms with Crippen LogP contribution < -0.4 is 4.74 Å². The molecular weight excluding hydrogens is 546 g/mol. The molecule has 0 saturated carbocycles. The fourth-order valence-electron chi connectivity index (χ4n) is 3.68. The van der Waals surface area contributed by atoms with Crippen LogP contribution in [-0.4, -0.2) is 43.3 Å². The Labute approximate surface area is 235 Å². The number of non-ortho nitro benzene ring substituents is 1. The SMILES string of the molecule is C[C@@H](O)[C@H]1C(=O)N(C(C(=S)OCc2ccc([N+](=O)[O-])cc2)=C(Oc2ccccc2C#N)C(=O)C(C)(C)C)[C@H]1Cl. The van der Waals surface area contributed by atoms with E-state index in [0.717, 1.165) is 4.90 Å². The van der Waals surface area contributed by atoms with Crippen LogP contribution in [0.4, 0.5) is 5.69 Å². The van der Waals surface area contributed by atoms with Gasteiger partial charge in [0.2, 0.25) is 16.7 Å². The van der Waals surface area contributed by atoms with Crippen molar-refractivity contribution in [1.82, 2.24) is 4.90 Å². The van der Waals surface area contributed by atoms with E-state index in [9.17, 15) is 30.1 Å². The number of allylic oxidation sites excluding steroid dienone is 1. The number of rotatable bonds is 9. The largest absolute Gasteiger partial charge is 0.477 e. The summed E-state index contributed by atoms with van der Waals surface area (Å²) in [6, 6.07) is 13.8. The maximum absolute atomic E-state index is 13.7. The molecule has 204 valence electrons. The minimum Gasteiger partial charge on any atom is -0.477 e. The zero-order valence-corrected chi connectivity index (χ0v) is 23.2. The number of aliphatic hydroxyl groups excluding tert-OH is 1. The second kappa shape index (κ2) is 11.9. The van der Waals surface area contributed by atoms with Crippen molar-refractivity contribution in [3.63, 3.8) is 0 Å². The van der Waals surface area contributed by atoms with Crippen molar-refractivity contribution in [3.05, 3.63) is 81.2 Å². The highest BCUT2D eigenvalue weighted by Gasteiger charge is 2.53. The predicted molar refractivity (Wildman–Crippen MR) is 145 cm³/mol. The molecule has 0 bridgehead atoms. The molecule has 1 amide bonds. The second-order valence-electron chi connectivity index (χ2n) is 9.81. The van der Waals surface area contributed by atoms with Crippen LogP contribution in [-0.2, 0) is 20.9 Å². The number of likely N-dealkylation sites (tertiary alicyclic amines) is 1. The summed E-state index contributed by atoms with van der Waals surface area (Å²) in [4.78, 5) is 38.3. The molecule has 39 heavy (non-hydrogen) atoms. The Bertz CT molecular complexity index is 1380. The van der Waals surface area contributed by atoms with E-state index in [-0.39, 0.29) is 40.1 Å². The number of para-hydroxylation sites is 1. The molecule has 1 aliphatic heterocycles. The van der Waals surface area contributed by atoms with Crippen LogP contribution in [0.25, 0.3) is 0 Å². The number of benzene rings is 2. The van der Waals surface area contributed by atoms with Crippen LogP contribution in [0.5, 0.6) is 5.75 Å². The fourth-order valence-corrected chi connectivity index (χ4v) is 4.44. The van der Waals surface area contributed by atoms with Gasteiger partial charge >= 0.3 is 0 Å². The molecule has 0 aromatic heterocycles. The number of nitriles is 1. The van der Waals surface area contributed by atoms with Gasteiger partial charge in [0.1, 0.15) is 29.6 Å². The molecular formula is C27H26ClN3O7S. The molecule has 2 aromatic rings. The Kier molecular flexibility index (Phi) is 9.07. The van der Waals surface area contributed by atoms with Crippen molar-refractivity contribution in [2.75, 3.05) is 0 Å². The summed E-state index contributed by atoms with van der Waals surface area (Å²) in [6.07, 6.45) is -1.07. The van der Waals surface area contributed by atoms with E-state index in [1.165, 1.54) is 43.3 Å². The Balaban J connectivity index is 2.11. The standard InChI is InChI=1S/C27H26ClN3O7S/c1-15(32)20-24(28)30(25(20)34)21(26(39)37-14-16-9-11-18(12-10-16)31(35)36)22(23(33)27(2,3)4)38-19-8-6-5-7-17(19)13-29/h5-12,15,20,24,32H,14H2,1-4H3/t15-,20-,24-/m1/s1. The summed E-state index contributed by atoms with van der Waals surface area (Å²) >= 11 is 12.0. The summed E-state index contributed by atoms with van der Waals surface area (Å²) in [6.45, 7) is 6.19. The second-order valence-corrected chi connectivity index (χ2v) is 10.6. The lowest BCUT2D eigenvalue weighted by Gasteiger charge is -2.46. The number of carbonyl (C=O) groups is 2. The number of aliphatic hydroxyl groups is 1. The first-order valence-electron chi connectivity index (χ1n) is 11.8. The number of halogens is 1. The molecule has 0 unspecified atom stereocenters. The number of ether oxygens (including phenoxy) is 2. The molecule has 1 heterocycles. The van der Waals surface area contributed by atoms with Gasteiger partial charge in [-0.25, -0.2) is 0 Å². The van der Waals surface area contributed by atoms with Gasteiger partial charge in [0.05, 0.1) is 22.5 Å². The van der Waals surface area contributed by atoms with E-state index in [2.05, 4.69) is 0 Å². The smallest absolute Gasteiger partial charge is 0.269 e. The third-order valence-electron chi connectivity index (χ3n) is 5.86. The lowest BCUT2D eigenvalue weighted by Crippen LogP contribution is -2.62. The number of nitrogens with zero attached hydrogens (tertiary/aromatic N) is 3. The Morgan fingerprint density at radius 2 is 1.87 bits per heavy atom. The van der Waals surface area contributed by atoms with E-state index in [4.69, 9.17) is 33.3 Å². The molecule has 2 aromatic carbocycles. The molecule has 1 aliphatic rings. The maximum Gasteiger partial charge on any atom is 0.269 e. The summed E-state index contributed by atoms with van der Waals surface area (Å²) in [7, 11) is 0. The van der Waals surface area contributed by atoms with Gasteiger partial charge in [0, 0.05) is 17.5 Å². The molecule has 0 aliphatic carbocycles. The van der Waals surface area contributed by atoms with Crippen LogP contribution >= 0.6 is 23.8 Å². The number of hydrogen-bond acceptors (Lipinski definition) is 9. The van der Waals surface area contributed by atoms with Gasteiger partial charge < -0.3 is 14.6 Å². The molecule has 12 heteroatoms. The van der Waals surface area contributed by atoms with E-state index < -0.39 is 39.6 Å². The first kappa shape index (κ1) is 29.7. The molecule has 0 spiro atoms. The Morgan fingerprint density at radius 1 is 1.26 bits per heavy atom. The topological polar surface area (TPSA) is 143 Å². The zero-order valence-electron chi connectivity index (χ0n) is 21.6. The van der Waals surface area contributed by atoms with Crippen LogP contribution in [0.1, 0.15) is 38.8 Å².